The molecule has 0 aliphatic heterocycles. The van der Waals surface area contributed by atoms with Gasteiger partial charge in [0.25, 0.3) is 0 Å². The van der Waals surface area contributed by atoms with Crippen molar-refractivity contribution in [2.75, 3.05) is 13.1 Å². The Morgan fingerprint density at radius 2 is 1.61 bits per heavy atom. The summed E-state index contributed by atoms with van der Waals surface area (Å²) in [6.45, 7) is 14.9. The molecule has 5 N–H and O–H groups in total. The van der Waals surface area contributed by atoms with Crippen molar-refractivity contribution >= 4 is 17.8 Å². The summed E-state index contributed by atoms with van der Waals surface area (Å²) >= 11 is 0. The third-order valence-electron chi connectivity index (χ3n) is 6.42. The number of nitrogens with zero attached hydrogens (tertiary/aromatic N) is 1. The molecule has 0 saturated carbocycles. The SMILES string of the molecule is CC(C)CCN(CC(O)[C@H](Cc1ccc(F)cc1)NC(=O)[C@@H](C)C(C)(C)C(N)=O)C(=O)NC(C)(C)C. The number of carbonyl (C=O) groups is 3. The maximum atomic E-state index is 13.4. The number of carbonyl (C=O) groups excluding carboxylic acids is 3. The molecular formula is C27H45FN4O4. The average Bonchev–Trinajstić information content (AvgIpc) is 2.75. The van der Waals surface area contributed by atoms with Crippen LogP contribution in [-0.2, 0) is 16.0 Å². The van der Waals surface area contributed by atoms with Gasteiger partial charge < -0.3 is 26.4 Å². The first kappa shape index (κ1) is 31.4. The molecule has 0 radical (unpaired) electrons. The first-order valence-corrected chi connectivity index (χ1v) is 12.5. The van der Waals surface area contributed by atoms with Crippen LogP contribution in [0.2, 0.25) is 0 Å². The zero-order chi connectivity index (χ0) is 27.8. The smallest absolute Gasteiger partial charge is 0.317 e. The fourth-order valence-electron chi connectivity index (χ4n) is 3.45. The van der Waals surface area contributed by atoms with Gasteiger partial charge in [-0.1, -0.05) is 46.8 Å². The number of amides is 4. The van der Waals surface area contributed by atoms with Crippen LogP contribution in [0.1, 0.15) is 67.4 Å². The molecule has 1 rings (SSSR count). The largest absolute Gasteiger partial charge is 0.389 e. The summed E-state index contributed by atoms with van der Waals surface area (Å²) in [7, 11) is 0. The lowest BCUT2D eigenvalue weighted by atomic mass is 9.78. The summed E-state index contributed by atoms with van der Waals surface area (Å²) in [4.78, 5) is 39.5. The molecule has 1 unspecified atom stereocenters. The van der Waals surface area contributed by atoms with Gasteiger partial charge in [0.2, 0.25) is 11.8 Å². The summed E-state index contributed by atoms with van der Waals surface area (Å²) in [5.74, 6) is -1.87. The predicted molar refractivity (Wildman–Crippen MR) is 139 cm³/mol. The van der Waals surface area contributed by atoms with Gasteiger partial charge in [0.05, 0.1) is 24.1 Å². The molecule has 0 spiro atoms. The van der Waals surface area contributed by atoms with E-state index in [1.165, 1.54) is 12.1 Å². The number of aliphatic hydroxyl groups is 1. The normalized spacial score (nSPS) is 14.6. The quantitative estimate of drug-likeness (QED) is 0.346. The van der Waals surface area contributed by atoms with Crippen molar-refractivity contribution in [2.24, 2.45) is 23.0 Å². The zero-order valence-electron chi connectivity index (χ0n) is 23.0. The van der Waals surface area contributed by atoms with Crippen LogP contribution in [0.25, 0.3) is 0 Å². The highest BCUT2D eigenvalue weighted by atomic mass is 19.1. The second-order valence-corrected chi connectivity index (χ2v) is 11.6. The second kappa shape index (κ2) is 13.0. The Morgan fingerprint density at radius 1 is 1.06 bits per heavy atom. The minimum Gasteiger partial charge on any atom is -0.389 e. The molecule has 0 heterocycles. The van der Waals surface area contributed by atoms with Crippen LogP contribution in [0.4, 0.5) is 9.18 Å². The summed E-state index contributed by atoms with van der Waals surface area (Å²) in [5, 5.41) is 17.0. The molecule has 1 aromatic carbocycles. The van der Waals surface area contributed by atoms with Gasteiger partial charge in [-0.15, -0.1) is 0 Å². The molecule has 0 bridgehead atoms. The van der Waals surface area contributed by atoms with Crippen LogP contribution < -0.4 is 16.4 Å². The Morgan fingerprint density at radius 3 is 2.08 bits per heavy atom. The highest BCUT2D eigenvalue weighted by Gasteiger charge is 2.38. The van der Waals surface area contributed by atoms with Crippen molar-refractivity contribution < 1.29 is 23.9 Å². The van der Waals surface area contributed by atoms with Crippen molar-refractivity contribution in [2.45, 2.75) is 85.9 Å². The van der Waals surface area contributed by atoms with Crippen LogP contribution in [-0.4, -0.2) is 58.6 Å². The number of aliphatic hydroxyl groups excluding tert-OH is 1. The van der Waals surface area contributed by atoms with Gasteiger partial charge in [-0.05, 0) is 57.2 Å². The van der Waals surface area contributed by atoms with Crippen molar-refractivity contribution in [1.29, 1.82) is 0 Å². The highest BCUT2D eigenvalue weighted by molar-refractivity contribution is 5.89. The third-order valence-corrected chi connectivity index (χ3v) is 6.42. The van der Waals surface area contributed by atoms with E-state index >= 15 is 0 Å². The molecule has 0 aliphatic rings. The Kier molecular flexibility index (Phi) is 11.4. The summed E-state index contributed by atoms with van der Waals surface area (Å²) in [6.07, 6.45) is -0.181. The number of rotatable bonds is 12. The maximum absolute atomic E-state index is 13.4. The number of nitrogens with one attached hydrogen (secondary N) is 2. The van der Waals surface area contributed by atoms with Crippen LogP contribution in [0.5, 0.6) is 0 Å². The molecule has 3 atom stereocenters. The fraction of sp³-hybridized carbons (Fsp3) is 0.667. The van der Waals surface area contributed by atoms with E-state index in [2.05, 4.69) is 24.5 Å². The lowest BCUT2D eigenvalue weighted by molar-refractivity contribution is -0.138. The summed E-state index contributed by atoms with van der Waals surface area (Å²) in [6, 6.07) is 4.69. The molecule has 9 heteroatoms. The Hall–Kier alpha value is -2.68. The number of halogens is 1. The van der Waals surface area contributed by atoms with Crippen LogP contribution >= 0.6 is 0 Å². The van der Waals surface area contributed by atoms with Gasteiger partial charge in [0, 0.05) is 18.0 Å². The Labute approximate surface area is 215 Å². The van der Waals surface area contributed by atoms with E-state index in [9.17, 15) is 23.9 Å². The van der Waals surface area contributed by atoms with Gasteiger partial charge >= 0.3 is 6.03 Å². The van der Waals surface area contributed by atoms with Gasteiger partial charge in [0.15, 0.2) is 0 Å². The molecule has 0 aromatic heterocycles. The van der Waals surface area contributed by atoms with Crippen molar-refractivity contribution in [3.63, 3.8) is 0 Å². The topological polar surface area (TPSA) is 125 Å². The molecule has 36 heavy (non-hydrogen) atoms. The van der Waals surface area contributed by atoms with Gasteiger partial charge in [-0.2, -0.15) is 0 Å². The first-order valence-electron chi connectivity index (χ1n) is 12.5. The van der Waals surface area contributed by atoms with Gasteiger partial charge in [0.1, 0.15) is 5.82 Å². The lowest BCUT2D eigenvalue weighted by Gasteiger charge is -2.34. The standard InChI is InChI=1S/C27H45FN4O4/c1-17(2)13-14-32(25(36)31-26(4,5)6)16-22(33)21(15-19-9-11-20(28)12-10-19)30-23(34)18(3)27(7,8)24(29)35/h9-12,17-18,21-22,33H,13-16H2,1-8H3,(H2,29,35)(H,30,34)(H,31,36)/t18-,21+,22?/m1/s1. The van der Waals surface area contributed by atoms with Crippen LogP contribution in [0.3, 0.4) is 0 Å². The molecule has 0 fully saturated rings. The number of nitrogens with two attached hydrogens (primary N) is 1. The number of hydrogen-bond acceptors (Lipinski definition) is 4. The third kappa shape index (κ3) is 10.1. The van der Waals surface area contributed by atoms with E-state index < -0.39 is 46.6 Å². The Balaban J connectivity index is 3.19. The molecule has 0 aliphatic carbocycles. The minimum absolute atomic E-state index is 0.0195. The summed E-state index contributed by atoms with van der Waals surface area (Å²) < 4.78 is 13.4. The van der Waals surface area contributed by atoms with Crippen LogP contribution in [0.15, 0.2) is 24.3 Å². The number of urea groups is 1. The Bertz CT molecular complexity index is 881. The van der Waals surface area contributed by atoms with E-state index in [0.717, 1.165) is 6.42 Å². The van der Waals surface area contributed by atoms with Crippen molar-refractivity contribution in [1.82, 2.24) is 15.5 Å². The van der Waals surface area contributed by atoms with E-state index in [1.54, 1.807) is 37.8 Å². The van der Waals surface area contributed by atoms with Gasteiger partial charge in [-0.25, -0.2) is 9.18 Å². The molecule has 1 aromatic rings. The van der Waals surface area contributed by atoms with Crippen molar-refractivity contribution in [3.8, 4) is 0 Å². The van der Waals surface area contributed by atoms with Crippen LogP contribution in [0, 0.1) is 23.1 Å². The minimum atomic E-state index is -1.12. The molecule has 4 amide bonds. The number of benzene rings is 1. The second-order valence-electron chi connectivity index (χ2n) is 11.6. The summed E-state index contributed by atoms with van der Waals surface area (Å²) in [5.41, 5.74) is 4.63. The monoisotopic (exact) mass is 508 g/mol. The van der Waals surface area contributed by atoms with Crippen molar-refractivity contribution in [3.05, 3.63) is 35.6 Å². The molecular weight excluding hydrogens is 463 g/mol. The average molecular weight is 509 g/mol. The number of primary amides is 1. The fourth-order valence-corrected chi connectivity index (χ4v) is 3.45. The maximum Gasteiger partial charge on any atom is 0.317 e. The van der Waals surface area contributed by atoms with E-state index in [1.807, 2.05) is 20.8 Å². The highest BCUT2D eigenvalue weighted by Crippen LogP contribution is 2.26. The number of hydrogen-bond donors (Lipinski definition) is 4. The van der Waals surface area contributed by atoms with E-state index in [0.29, 0.717) is 18.0 Å². The molecule has 0 saturated heterocycles. The van der Waals surface area contributed by atoms with E-state index in [-0.39, 0.29) is 19.0 Å². The van der Waals surface area contributed by atoms with E-state index in [4.69, 9.17) is 5.73 Å². The molecule has 8 nitrogen and oxygen atoms in total. The predicted octanol–water partition coefficient (Wildman–Crippen LogP) is 3.22. The first-order chi connectivity index (χ1) is 16.4. The lowest BCUT2D eigenvalue weighted by Crippen LogP contribution is -2.56. The molecule has 204 valence electrons. The van der Waals surface area contributed by atoms with Gasteiger partial charge in [-0.3, -0.25) is 9.59 Å². The zero-order valence-corrected chi connectivity index (χ0v) is 23.0.